The van der Waals surface area contributed by atoms with E-state index in [4.69, 9.17) is 4.98 Å². The predicted octanol–water partition coefficient (Wildman–Crippen LogP) is 5.94. The lowest BCUT2D eigenvalue weighted by Gasteiger charge is -2.23. The highest BCUT2D eigenvalue weighted by molar-refractivity contribution is 9.10. The van der Waals surface area contributed by atoms with E-state index in [1.54, 1.807) is 0 Å². The zero-order valence-corrected chi connectivity index (χ0v) is 19.0. The lowest BCUT2D eigenvalue weighted by Crippen LogP contribution is -2.28. The maximum Gasteiger partial charge on any atom is 0.0730 e. The maximum absolute atomic E-state index is 4.96. The number of rotatable bonds is 6. The van der Waals surface area contributed by atoms with Gasteiger partial charge in [0.05, 0.1) is 11.4 Å². The van der Waals surface area contributed by atoms with Crippen molar-refractivity contribution >= 4 is 37.5 Å². The van der Waals surface area contributed by atoms with E-state index < -0.39 is 0 Å². The normalized spacial score (nSPS) is 11.0. The zero-order valence-electron chi connectivity index (χ0n) is 15.8. The Labute approximate surface area is 178 Å². The van der Waals surface area contributed by atoms with Crippen molar-refractivity contribution in [3.8, 4) is 22.5 Å². The van der Waals surface area contributed by atoms with Gasteiger partial charge >= 0.3 is 0 Å². The monoisotopic (exact) mass is 487 g/mol. The number of nitrogens with zero attached hydrogens (tertiary/aromatic N) is 3. The van der Waals surface area contributed by atoms with Crippen molar-refractivity contribution in [2.45, 2.75) is 0 Å². The second-order valence-corrected chi connectivity index (χ2v) is 8.67. The fourth-order valence-corrected chi connectivity index (χ4v) is 3.61. The summed E-state index contributed by atoms with van der Waals surface area (Å²) in [6, 6.07) is 20.9. The number of hydrogen-bond acceptors (Lipinski definition) is 3. The average Bonchev–Trinajstić information content (AvgIpc) is 2.65. The summed E-state index contributed by atoms with van der Waals surface area (Å²) in [5.74, 6) is 0. The molecule has 140 valence electrons. The van der Waals surface area contributed by atoms with Crippen molar-refractivity contribution in [3.63, 3.8) is 0 Å². The third-order valence-electron chi connectivity index (χ3n) is 4.37. The molecule has 0 aliphatic carbocycles. The standard InChI is InChI=1S/C22H23Br2N3/c1-26(2)10-11-27(3)20-14-21(16-6-4-8-18(23)12-16)25-22(15-20)17-7-5-9-19(24)13-17/h4-9,12-15H,10-11H2,1-3H3. The minimum Gasteiger partial charge on any atom is -0.373 e. The van der Waals surface area contributed by atoms with Gasteiger partial charge in [-0.2, -0.15) is 0 Å². The fraction of sp³-hybridized carbons (Fsp3) is 0.227. The summed E-state index contributed by atoms with van der Waals surface area (Å²) in [4.78, 5) is 9.43. The molecule has 27 heavy (non-hydrogen) atoms. The van der Waals surface area contributed by atoms with E-state index in [0.29, 0.717) is 0 Å². The van der Waals surface area contributed by atoms with E-state index in [1.165, 1.54) is 0 Å². The fourth-order valence-electron chi connectivity index (χ4n) is 2.81. The molecular weight excluding hydrogens is 466 g/mol. The molecule has 5 heteroatoms. The van der Waals surface area contributed by atoms with E-state index >= 15 is 0 Å². The third-order valence-corrected chi connectivity index (χ3v) is 5.36. The maximum atomic E-state index is 4.96. The van der Waals surface area contributed by atoms with Crippen LogP contribution in [0, 0.1) is 0 Å². The van der Waals surface area contributed by atoms with Gasteiger partial charge in [0.2, 0.25) is 0 Å². The predicted molar refractivity (Wildman–Crippen MR) is 122 cm³/mol. The highest BCUT2D eigenvalue weighted by Crippen LogP contribution is 2.30. The lowest BCUT2D eigenvalue weighted by atomic mass is 10.1. The Hall–Kier alpha value is -1.69. The highest BCUT2D eigenvalue weighted by atomic mass is 79.9. The first-order chi connectivity index (χ1) is 12.9. The van der Waals surface area contributed by atoms with E-state index in [0.717, 1.165) is 50.2 Å². The largest absolute Gasteiger partial charge is 0.373 e. The van der Waals surface area contributed by atoms with E-state index in [1.807, 2.05) is 24.3 Å². The zero-order chi connectivity index (χ0) is 19.4. The summed E-state index contributed by atoms with van der Waals surface area (Å²) in [5, 5.41) is 0. The molecule has 0 N–H and O–H groups in total. The van der Waals surface area contributed by atoms with Crippen molar-refractivity contribution < 1.29 is 0 Å². The van der Waals surface area contributed by atoms with Gasteiger partial charge in [0.15, 0.2) is 0 Å². The third kappa shape index (κ3) is 5.41. The Kier molecular flexibility index (Phi) is 6.68. The first-order valence-electron chi connectivity index (χ1n) is 8.82. The summed E-state index contributed by atoms with van der Waals surface area (Å²) in [6.07, 6.45) is 0. The molecule has 2 aromatic carbocycles. The van der Waals surface area contributed by atoms with Crippen LogP contribution in [-0.2, 0) is 0 Å². The van der Waals surface area contributed by atoms with Gasteiger partial charge in [-0.25, -0.2) is 4.98 Å². The first-order valence-corrected chi connectivity index (χ1v) is 10.4. The Bertz CT molecular complexity index is 861. The van der Waals surface area contributed by atoms with Crippen LogP contribution in [0.15, 0.2) is 69.6 Å². The van der Waals surface area contributed by atoms with Crippen molar-refractivity contribution in [2.75, 3.05) is 39.1 Å². The number of likely N-dealkylation sites (N-methyl/N-ethyl adjacent to an activating group) is 2. The Balaban J connectivity index is 2.07. The Morgan fingerprint density at radius 2 is 1.26 bits per heavy atom. The second kappa shape index (κ2) is 9.00. The topological polar surface area (TPSA) is 19.4 Å². The molecule has 0 unspecified atom stereocenters. The van der Waals surface area contributed by atoms with E-state index in [2.05, 4.69) is 99.2 Å². The molecule has 0 atom stereocenters. The van der Waals surface area contributed by atoms with Gasteiger partial charge in [-0.1, -0.05) is 56.1 Å². The van der Waals surface area contributed by atoms with Crippen LogP contribution in [0.4, 0.5) is 5.69 Å². The molecule has 0 aliphatic rings. The first kappa shape index (κ1) is 20.1. The minimum absolute atomic E-state index is 0.951. The molecule has 0 amide bonds. The smallest absolute Gasteiger partial charge is 0.0730 e. The van der Waals surface area contributed by atoms with E-state index in [9.17, 15) is 0 Å². The van der Waals surface area contributed by atoms with Crippen LogP contribution in [0.2, 0.25) is 0 Å². The molecule has 0 fully saturated rings. The molecular formula is C22H23Br2N3. The van der Waals surface area contributed by atoms with Crippen LogP contribution in [0.3, 0.4) is 0 Å². The number of aromatic nitrogens is 1. The molecule has 3 rings (SSSR count). The summed E-state index contributed by atoms with van der Waals surface area (Å²) in [7, 11) is 6.33. The van der Waals surface area contributed by atoms with Gasteiger partial charge in [0, 0.05) is 45.9 Å². The van der Waals surface area contributed by atoms with Crippen LogP contribution in [0.25, 0.3) is 22.5 Å². The van der Waals surface area contributed by atoms with Gasteiger partial charge < -0.3 is 9.80 Å². The van der Waals surface area contributed by atoms with Crippen molar-refractivity contribution in [3.05, 3.63) is 69.6 Å². The van der Waals surface area contributed by atoms with Crippen LogP contribution < -0.4 is 4.90 Å². The minimum atomic E-state index is 0.951. The number of halogens is 2. The number of hydrogen-bond donors (Lipinski definition) is 0. The van der Waals surface area contributed by atoms with Crippen LogP contribution in [0.5, 0.6) is 0 Å². The highest BCUT2D eigenvalue weighted by Gasteiger charge is 2.11. The van der Waals surface area contributed by atoms with Gasteiger partial charge in [-0.3, -0.25) is 0 Å². The van der Waals surface area contributed by atoms with Gasteiger partial charge in [0.1, 0.15) is 0 Å². The van der Waals surface area contributed by atoms with Gasteiger partial charge in [-0.15, -0.1) is 0 Å². The summed E-state index contributed by atoms with van der Waals surface area (Å²) in [6.45, 7) is 1.95. The van der Waals surface area contributed by atoms with Crippen molar-refractivity contribution in [1.82, 2.24) is 9.88 Å². The molecule has 3 aromatic rings. The quantitative estimate of drug-likeness (QED) is 0.428. The number of anilines is 1. The van der Waals surface area contributed by atoms with Crippen LogP contribution in [-0.4, -0.2) is 44.1 Å². The van der Waals surface area contributed by atoms with Gasteiger partial charge in [-0.05, 0) is 50.5 Å². The van der Waals surface area contributed by atoms with Crippen molar-refractivity contribution in [1.29, 1.82) is 0 Å². The molecule has 3 nitrogen and oxygen atoms in total. The average molecular weight is 489 g/mol. The summed E-state index contributed by atoms with van der Waals surface area (Å²) in [5.41, 5.74) is 5.31. The van der Waals surface area contributed by atoms with E-state index in [-0.39, 0.29) is 0 Å². The van der Waals surface area contributed by atoms with Crippen molar-refractivity contribution in [2.24, 2.45) is 0 Å². The second-order valence-electron chi connectivity index (χ2n) is 6.84. The molecule has 1 aromatic heterocycles. The number of pyridine rings is 1. The molecule has 1 heterocycles. The van der Waals surface area contributed by atoms with Crippen LogP contribution >= 0.6 is 31.9 Å². The van der Waals surface area contributed by atoms with Crippen LogP contribution in [0.1, 0.15) is 0 Å². The molecule has 0 saturated heterocycles. The summed E-state index contributed by atoms with van der Waals surface area (Å²) < 4.78 is 2.11. The molecule has 0 spiro atoms. The SMILES string of the molecule is CN(C)CCN(C)c1cc(-c2cccc(Br)c2)nc(-c2cccc(Br)c2)c1. The Morgan fingerprint density at radius 1 is 0.741 bits per heavy atom. The number of benzene rings is 2. The van der Waals surface area contributed by atoms with Gasteiger partial charge in [0.25, 0.3) is 0 Å². The Morgan fingerprint density at radius 3 is 1.70 bits per heavy atom. The summed E-state index contributed by atoms with van der Waals surface area (Å²) >= 11 is 7.14. The molecule has 0 aliphatic heterocycles. The molecule has 0 saturated carbocycles. The lowest BCUT2D eigenvalue weighted by molar-refractivity contribution is 0.416. The molecule has 0 bridgehead atoms. The molecule has 0 radical (unpaired) electrons.